The number of amides is 4. The molecule has 0 aliphatic carbocycles. The van der Waals surface area contributed by atoms with Gasteiger partial charge in [-0.25, -0.2) is 0 Å². The topological polar surface area (TPSA) is 276 Å². The molecule has 6 aromatic rings. The predicted octanol–water partition coefficient (Wildman–Crippen LogP) is 13.9. The van der Waals surface area contributed by atoms with Gasteiger partial charge in [0.25, 0.3) is 5.91 Å². The first-order chi connectivity index (χ1) is 43.9. The van der Waals surface area contributed by atoms with Crippen LogP contribution >= 0.6 is 37.8 Å². The van der Waals surface area contributed by atoms with Gasteiger partial charge in [0, 0.05) is 88.8 Å². The number of unbranched alkanes of at least 4 members (excludes halogenated alkanes) is 3. The minimum Gasteiger partial charge on any atom is -0.394 e. The van der Waals surface area contributed by atoms with Crippen molar-refractivity contribution in [2.45, 2.75) is 148 Å². The van der Waals surface area contributed by atoms with Gasteiger partial charge in [0.15, 0.2) is 0 Å². The summed E-state index contributed by atoms with van der Waals surface area (Å²) in [5, 5.41) is 27.4. The van der Waals surface area contributed by atoms with Gasteiger partial charge < -0.3 is 58.7 Å². The van der Waals surface area contributed by atoms with Crippen molar-refractivity contribution < 1.29 is 61.1 Å². The summed E-state index contributed by atoms with van der Waals surface area (Å²) in [5.74, 6) is 0.308. The molecule has 0 aliphatic rings. The monoisotopic (exact) mass is 1360 g/mol. The van der Waals surface area contributed by atoms with Crippen molar-refractivity contribution in [3.63, 3.8) is 0 Å². The second kappa shape index (κ2) is 38.2. The molecule has 7 N–H and O–H groups in total. The second-order valence-corrected chi connectivity index (χ2v) is 34.2. The molecule has 2 atom stereocenters. The molecule has 6 aromatic carbocycles. The van der Waals surface area contributed by atoms with Crippen LogP contribution in [0.3, 0.4) is 0 Å². The average molecular weight is 1360 g/mol. The third-order valence-electron chi connectivity index (χ3n) is 15.6. The number of nitrogens with one attached hydrogen (secondary N) is 4. The Kier molecular flexibility index (Phi) is 31.4. The predicted molar refractivity (Wildman–Crippen MR) is 376 cm³/mol. The summed E-state index contributed by atoms with van der Waals surface area (Å²) in [6, 6.07) is 33.3. The Balaban J connectivity index is 0.773. The molecule has 2 unspecified atom stereocenters. The Morgan fingerprint density at radius 2 is 1.27 bits per heavy atom. The van der Waals surface area contributed by atoms with Gasteiger partial charge in [0.1, 0.15) is 5.78 Å². The molecule has 0 heterocycles. The molecule has 20 nitrogen and oxygen atoms in total. The highest BCUT2D eigenvalue weighted by molar-refractivity contribution is 8.76. The van der Waals surface area contributed by atoms with Gasteiger partial charge in [-0.1, -0.05) is 117 Å². The molecule has 0 saturated heterocycles. The molecule has 0 spiro atoms. The Bertz CT molecular complexity index is 3350. The molecule has 25 heteroatoms. The zero-order chi connectivity index (χ0) is 66.7. The first-order valence-corrected chi connectivity index (χ1v) is 39.3. The SMILES string of the molecule is CC(C)[Si](OCCCC(=O)CCCc1ccc2ccc3cccc4ccc1c2c34)(OC(C)(C)CC(=O)NCCCCCCOP(O)OCC(CCP(=O)(O)O)NC(=O)CCNC(=O)CCSSCCNC(=O)c1ccc(N=Nc2ccc(N(C)C)cc2)cc1)C(C)C. The van der Waals surface area contributed by atoms with Crippen LogP contribution in [0.1, 0.15) is 135 Å². The maximum atomic E-state index is 13.2. The number of carbonyl (C=O) groups is 5. The molecule has 4 amide bonds. The van der Waals surface area contributed by atoms with E-state index >= 15 is 0 Å². The minimum absolute atomic E-state index is 0.0418. The van der Waals surface area contributed by atoms with Crippen LogP contribution in [0.25, 0.3) is 32.3 Å². The quantitative estimate of drug-likeness (QED) is 0.00468. The zero-order valence-corrected chi connectivity index (χ0v) is 59.0. The van der Waals surface area contributed by atoms with Crippen LogP contribution in [0.5, 0.6) is 0 Å². The lowest BCUT2D eigenvalue weighted by molar-refractivity contribution is -0.125. The molecular formula is C67H95N7O13P2S2Si. The van der Waals surface area contributed by atoms with Crippen molar-refractivity contribution in [3.8, 4) is 0 Å². The van der Waals surface area contributed by atoms with Crippen molar-refractivity contribution in [2.75, 3.05) is 76.1 Å². The summed E-state index contributed by atoms with van der Waals surface area (Å²) in [5.41, 5.74) is 3.58. The van der Waals surface area contributed by atoms with E-state index in [1.807, 2.05) is 57.1 Å². The lowest BCUT2D eigenvalue weighted by atomic mass is 9.90. The average Bonchev–Trinajstić information content (AvgIpc) is 0.747. The highest BCUT2D eigenvalue weighted by atomic mass is 33.1. The van der Waals surface area contributed by atoms with Gasteiger partial charge >= 0.3 is 24.8 Å². The van der Waals surface area contributed by atoms with Crippen molar-refractivity contribution in [3.05, 3.63) is 114 Å². The number of azo groups is 1. The number of anilines is 1. The van der Waals surface area contributed by atoms with Crippen LogP contribution in [-0.2, 0) is 48.1 Å². The molecule has 0 bridgehead atoms. The van der Waals surface area contributed by atoms with Crippen LogP contribution in [0, 0.1) is 0 Å². The third-order valence-corrected chi connectivity index (χ3v) is 24.4. The summed E-state index contributed by atoms with van der Waals surface area (Å²) in [6.07, 6.45) is 5.71. The van der Waals surface area contributed by atoms with E-state index in [4.69, 9.17) is 17.9 Å². The first-order valence-electron chi connectivity index (χ1n) is 31.9. The van der Waals surface area contributed by atoms with E-state index in [0.29, 0.717) is 68.1 Å². The summed E-state index contributed by atoms with van der Waals surface area (Å²) in [6.45, 7) is 13.6. The van der Waals surface area contributed by atoms with Crippen molar-refractivity contribution in [1.29, 1.82) is 0 Å². The highest BCUT2D eigenvalue weighted by Crippen LogP contribution is 2.41. The van der Waals surface area contributed by atoms with Gasteiger partial charge in [0.2, 0.25) is 17.7 Å². The molecule has 0 aromatic heterocycles. The number of benzene rings is 6. The molecule has 502 valence electrons. The van der Waals surface area contributed by atoms with Gasteiger partial charge in [-0.15, -0.1) is 0 Å². The van der Waals surface area contributed by atoms with Gasteiger partial charge in [-0.05, 0) is 150 Å². The lowest BCUT2D eigenvalue weighted by Crippen LogP contribution is -2.54. The Labute approximate surface area is 552 Å². The number of Topliss-reactive ketones (excluding diaryl/α,β-unsaturated/α-hetero) is 1. The van der Waals surface area contributed by atoms with E-state index in [9.17, 15) is 43.2 Å². The van der Waals surface area contributed by atoms with Crippen molar-refractivity contribution >= 4 is 125 Å². The fraction of sp³-hybridized carbons (Fsp3) is 0.507. The normalized spacial score (nSPS) is 13.0. The van der Waals surface area contributed by atoms with Crippen molar-refractivity contribution in [1.82, 2.24) is 21.3 Å². The van der Waals surface area contributed by atoms with Gasteiger partial charge in [-0.3, -0.25) is 28.5 Å². The standard InChI is InChI=1S/C67H95N7O13P2S2Si/c1-48(2)92(49(3)4,86-42-15-20-59(75)19-14-16-50-21-22-53-24-23-51-17-13-18-52-27-34-60(50)65(53)64(51)52)87-67(5,6)46-63(78)68-38-11-9-10-12-41-84-88(80)85-47-57(36-43-89(81,82)83)71-62(77)35-39-69-61(76)37-44-90-91-45-40-70-66(79)54-25-28-55(29-26-54)72-73-56-30-32-58(33-31-56)74(7)8/h13,17-18,21-34,48-49,57,80H,9-12,14-16,19-20,35-47H2,1-8H3,(H,68,78)(H,69,76)(H,70,79)(H,71,77)(H2,81,82,83). The minimum atomic E-state index is -4.41. The van der Waals surface area contributed by atoms with Crippen LogP contribution in [0.15, 0.2) is 113 Å². The number of aryl methyl sites for hydroxylation is 1. The summed E-state index contributed by atoms with van der Waals surface area (Å²) in [7, 11) is -2.68. The molecule has 0 aliphatic heterocycles. The van der Waals surface area contributed by atoms with Crippen LogP contribution in [0.2, 0.25) is 11.1 Å². The van der Waals surface area contributed by atoms with Crippen molar-refractivity contribution in [2.24, 2.45) is 10.2 Å². The Morgan fingerprint density at radius 3 is 1.95 bits per heavy atom. The molecule has 0 fully saturated rings. The number of carbonyl (C=O) groups excluding carboxylic acids is 5. The first kappa shape index (κ1) is 75.6. The number of nitrogens with zero attached hydrogens (tertiary/aromatic N) is 3. The second-order valence-electron chi connectivity index (χ2n) is 24.5. The van der Waals surface area contributed by atoms with Crippen LogP contribution in [0.4, 0.5) is 17.1 Å². The van der Waals surface area contributed by atoms with E-state index in [1.165, 1.54) is 59.5 Å². The summed E-state index contributed by atoms with van der Waals surface area (Å²) < 4.78 is 36.2. The Morgan fingerprint density at radius 1 is 0.652 bits per heavy atom. The number of rotatable bonds is 44. The van der Waals surface area contributed by atoms with E-state index < -0.39 is 48.5 Å². The van der Waals surface area contributed by atoms with Crippen LogP contribution < -0.4 is 26.2 Å². The smallest absolute Gasteiger partial charge is 0.343 e. The summed E-state index contributed by atoms with van der Waals surface area (Å²) >= 11 is 0. The zero-order valence-electron chi connectivity index (χ0n) is 54.6. The largest absolute Gasteiger partial charge is 0.394 e. The Hall–Kier alpha value is -5.39. The molecule has 6 rings (SSSR count). The van der Waals surface area contributed by atoms with E-state index in [2.05, 4.69) is 114 Å². The van der Waals surface area contributed by atoms with Crippen LogP contribution in [-0.4, -0.2) is 136 Å². The number of hydrogen-bond donors (Lipinski definition) is 7. The fourth-order valence-corrected chi connectivity index (χ4v) is 18.0. The van der Waals surface area contributed by atoms with E-state index in [1.54, 1.807) is 24.3 Å². The number of hydrogen-bond acceptors (Lipinski definition) is 16. The molecule has 92 heavy (non-hydrogen) atoms. The maximum absolute atomic E-state index is 13.2. The van der Waals surface area contributed by atoms with Gasteiger partial charge in [-0.2, -0.15) is 10.2 Å². The maximum Gasteiger partial charge on any atom is 0.343 e. The molecular weight excluding hydrogens is 1260 g/mol. The molecule has 0 saturated carbocycles. The highest BCUT2D eigenvalue weighted by Gasteiger charge is 2.49. The lowest BCUT2D eigenvalue weighted by Gasteiger charge is -2.43. The third kappa shape index (κ3) is 25.7. The summed E-state index contributed by atoms with van der Waals surface area (Å²) in [4.78, 5) is 95.7. The molecule has 0 radical (unpaired) electrons. The van der Waals surface area contributed by atoms with E-state index in [-0.39, 0.29) is 80.0 Å². The fourth-order valence-electron chi connectivity index (χ4n) is 10.8. The number of ketones is 1. The van der Waals surface area contributed by atoms with Gasteiger partial charge in [0.05, 0.1) is 48.8 Å². The van der Waals surface area contributed by atoms with E-state index in [0.717, 1.165) is 43.5 Å².